The van der Waals surface area contributed by atoms with Crippen molar-refractivity contribution in [3.63, 3.8) is 0 Å². The van der Waals surface area contributed by atoms with Crippen LogP contribution in [0.5, 0.6) is 0 Å². The summed E-state index contributed by atoms with van der Waals surface area (Å²) in [6.07, 6.45) is 1.86. The maximum Gasteiger partial charge on any atom is 0.305 e. The van der Waals surface area contributed by atoms with Crippen LogP contribution in [0.4, 0.5) is 11.4 Å². The highest BCUT2D eigenvalue weighted by molar-refractivity contribution is 5.76. The maximum atomic E-state index is 11.6. The van der Waals surface area contributed by atoms with Gasteiger partial charge in [-0.25, -0.2) is 0 Å². The summed E-state index contributed by atoms with van der Waals surface area (Å²) in [5.41, 5.74) is 0.816. The first-order chi connectivity index (χ1) is 11.0. The Labute approximate surface area is 134 Å². The molecule has 0 unspecified atom stereocenters. The minimum Gasteiger partial charge on any atom is -0.469 e. The smallest absolute Gasteiger partial charge is 0.305 e. The zero-order valence-corrected chi connectivity index (χ0v) is 13.0. The third kappa shape index (κ3) is 7.79. The quantitative estimate of drug-likeness (QED) is 0.294. The molecule has 0 radical (unpaired) electrons. The SMILES string of the molecule is COC(=O)CCCNC(=O)CCCNc1ccc([N+](=O)[O-])cc1. The average Bonchev–Trinajstić information content (AvgIpc) is 2.55. The Hall–Kier alpha value is -2.64. The molecule has 2 N–H and O–H groups in total. The molecule has 1 aromatic rings. The van der Waals surface area contributed by atoms with E-state index in [1.54, 1.807) is 12.1 Å². The van der Waals surface area contributed by atoms with Crippen LogP contribution in [0.2, 0.25) is 0 Å². The molecule has 1 aromatic carbocycles. The number of anilines is 1. The summed E-state index contributed by atoms with van der Waals surface area (Å²) in [5.74, 6) is -0.355. The highest BCUT2D eigenvalue weighted by atomic mass is 16.6. The van der Waals surface area contributed by atoms with Crippen LogP contribution in [-0.4, -0.2) is 37.0 Å². The van der Waals surface area contributed by atoms with E-state index in [9.17, 15) is 19.7 Å². The molecule has 0 aliphatic carbocycles. The topological polar surface area (TPSA) is 111 Å². The highest BCUT2D eigenvalue weighted by Gasteiger charge is 2.05. The fraction of sp³-hybridized carbons (Fsp3) is 0.467. The first-order valence-corrected chi connectivity index (χ1v) is 7.34. The lowest BCUT2D eigenvalue weighted by atomic mass is 10.2. The molecule has 0 spiro atoms. The maximum absolute atomic E-state index is 11.6. The molecule has 0 aliphatic rings. The average molecular weight is 323 g/mol. The summed E-state index contributed by atoms with van der Waals surface area (Å²) in [6.45, 7) is 1.04. The number of non-ortho nitro benzene ring substituents is 1. The molecule has 0 atom stereocenters. The second kappa shape index (κ2) is 10.1. The summed E-state index contributed by atoms with van der Waals surface area (Å²) < 4.78 is 4.50. The van der Waals surface area contributed by atoms with Crippen molar-refractivity contribution in [2.75, 3.05) is 25.5 Å². The van der Waals surface area contributed by atoms with Gasteiger partial charge in [0, 0.05) is 43.8 Å². The van der Waals surface area contributed by atoms with Gasteiger partial charge in [-0.1, -0.05) is 0 Å². The van der Waals surface area contributed by atoms with Crippen molar-refractivity contribution in [3.8, 4) is 0 Å². The van der Waals surface area contributed by atoms with E-state index in [2.05, 4.69) is 15.4 Å². The Bertz CT molecular complexity index is 530. The van der Waals surface area contributed by atoms with Crippen molar-refractivity contribution in [2.45, 2.75) is 25.7 Å². The molecule has 1 amide bonds. The third-order valence-corrected chi connectivity index (χ3v) is 3.10. The Morgan fingerprint density at radius 3 is 2.39 bits per heavy atom. The number of hydrogen-bond acceptors (Lipinski definition) is 6. The number of nitro benzene ring substituents is 1. The number of carbonyl (C=O) groups excluding carboxylic acids is 2. The van der Waals surface area contributed by atoms with Crippen molar-refractivity contribution in [2.24, 2.45) is 0 Å². The number of methoxy groups -OCH3 is 1. The fourth-order valence-electron chi connectivity index (χ4n) is 1.83. The highest BCUT2D eigenvalue weighted by Crippen LogP contribution is 2.15. The second-order valence-corrected chi connectivity index (χ2v) is 4.86. The molecule has 0 saturated heterocycles. The lowest BCUT2D eigenvalue weighted by molar-refractivity contribution is -0.384. The van der Waals surface area contributed by atoms with Gasteiger partial charge in [-0.3, -0.25) is 19.7 Å². The van der Waals surface area contributed by atoms with Crippen LogP contribution >= 0.6 is 0 Å². The van der Waals surface area contributed by atoms with E-state index in [-0.39, 0.29) is 17.6 Å². The van der Waals surface area contributed by atoms with Gasteiger partial charge in [0.25, 0.3) is 5.69 Å². The molecule has 23 heavy (non-hydrogen) atoms. The number of ether oxygens (including phenoxy) is 1. The molecule has 0 bridgehead atoms. The molecular weight excluding hydrogens is 302 g/mol. The second-order valence-electron chi connectivity index (χ2n) is 4.86. The summed E-state index contributed by atoms with van der Waals surface area (Å²) in [7, 11) is 1.33. The largest absolute Gasteiger partial charge is 0.469 e. The number of hydrogen-bond donors (Lipinski definition) is 2. The predicted octanol–water partition coefficient (Wildman–Crippen LogP) is 1.86. The predicted molar refractivity (Wildman–Crippen MR) is 85.1 cm³/mol. The number of esters is 1. The van der Waals surface area contributed by atoms with Gasteiger partial charge >= 0.3 is 5.97 Å². The van der Waals surface area contributed by atoms with E-state index in [0.717, 1.165) is 5.69 Å². The van der Waals surface area contributed by atoms with Crippen LogP contribution < -0.4 is 10.6 Å². The van der Waals surface area contributed by atoms with Gasteiger partial charge in [-0.2, -0.15) is 0 Å². The van der Waals surface area contributed by atoms with Gasteiger partial charge in [-0.15, -0.1) is 0 Å². The first-order valence-electron chi connectivity index (χ1n) is 7.34. The van der Waals surface area contributed by atoms with Gasteiger partial charge in [-0.05, 0) is 25.0 Å². The minimum atomic E-state index is -0.450. The van der Waals surface area contributed by atoms with Crippen molar-refractivity contribution in [1.82, 2.24) is 5.32 Å². The molecule has 8 nitrogen and oxygen atoms in total. The Morgan fingerprint density at radius 2 is 1.78 bits per heavy atom. The molecular formula is C15H21N3O5. The third-order valence-electron chi connectivity index (χ3n) is 3.10. The van der Waals surface area contributed by atoms with Crippen LogP contribution in [0.25, 0.3) is 0 Å². The Kier molecular flexibility index (Phi) is 8.12. The van der Waals surface area contributed by atoms with E-state index in [1.165, 1.54) is 19.2 Å². The zero-order valence-electron chi connectivity index (χ0n) is 13.0. The van der Waals surface area contributed by atoms with E-state index in [4.69, 9.17) is 0 Å². The molecule has 0 fully saturated rings. The minimum absolute atomic E-state index is 0.0434. The summed E-state index contributed by atoms with van der Waals surface area (Å²) >= 11 is 0. The Morgan fingerprint density at radius 1 is 1.13 bits per heavy atom. The first kappa shape index (κ1) is 18.4. The van der Waals surface area contributed by atoms with Crippen molar-refractivity contribution in [3.05, 3.63) is 34.4 Å². The fourth-order valence-corrected chi connectivity index (χ4v) is 1.83. The van der Waals surface area contributed by atoms with Gasteiger partial charge in [0.05, 0.1) is 12.0 Å². The van der Waals surface area contributed by atoms with Crippen LogP contribution in [-0.2, 0) is 14.3 Å². The monoisotopic (exact) mass is 323 g/mol. The van der Waals surface area contributed by atoms with Crippen LogP contribution in [0, 0.1) is 10.1 Å². The molecule has 0 aliphatic heterocycles. The zero-order chi connectivity index (χ0) is 17.1. The lowest BCUT2D eigenvalue weighted by Gasteiger charge is -2.07. The van der Waals surface area contributed by atoms with Crippen LogP contribution in [0.15, 0.2) is 24.3 Å². The summed E-state index contributed by atoms with van der Waals surface area (Å²) in [6, 6.07) is 6.11. The van der Waals surface area contributed by atoms with Crippen LogP contribution in [0.1, 0.15) is 25.7 Å². The van der Waals surface area contributed by atoms with Crippen molar-refractivity contribution in [1.29, 1.82) is 0 Å². The molecule has 126 valence electrons. The number of nitrogens with zero attached hydrogens (tertiary/aromatic N) is 1. The van der Waals surface area contributed by atoms with Crippen molar-refractivity contribution < 1.29 is 19.2 Å². The number of benzene rings is 1. The summed E-state index contributed by atoms with van der Waals surface area (Å²) in [5, 5.41) is 16.3. The Balaban J connectivity index is 2.11. The molecule has 0 heterocycles. The molecule has 8 heteroatoms. The van der Waals surface area contributed by atoms with Gasteiger partial charge < -0.3 is 15.4 Å². The molecule has 0 saturated carbocycles. The standard InChI is InChI=1S/C15H21N3O5/c1-23-15(20)5-3-11-17-14(19)4-2-10-16-12-6-8-13(9-7-12)18(21)22/h6-9,16H,2-5,10-11H2,1H3,(H,17,19). The van der Waals surface area contributed by atoms with E-state index in [1.807, 2.05) is 0 Å². The van der Waals surface area contributed by atoms with Gasteiger partial charge in [0.15, 0.2) is 0 Å². The number of nitro groups is 1. The van der Waals surface area contributed by atoms with E-state index in [0.29, 0.717) is 38.8 Å². The van der Waals surface area contributed by atoms with Gasteiger partial charge in [0.1, 0.15) is 0 Å². The number of carbonyl (C=O) groups is 2. The number of nitrogens with one attached hydrogen (secondary N) is 2. The summed E-state index contributed by atoms with van der Waals surface area (Å²) in [4.78, 5) is 32.5. The van der Waals surface area contributed by atoms with Crippen LogP contribution in [0.3, 0.4) is 0 Å². The number of amides is 1. The van der Waals surface area contributed by atoms with Crippen molar-refractivity contribution >= 4 is 23.3 Å². The van der Waals surface area contributed by atoms with E-state index >= 15 is 0 Å². The van der Waals surface area contributed by atoms with E-state index < -0.39 is 4.92 Å². The molecule has 1 rings (SSSR count). The normalized spacial score (nSPS) is 9.96. The number of rotatable bonds is 10. The molecule has 0 aromatic heterocycles. The van der Waals surface area contributed by atoms with Gasteiger partial charge in [0.2, 0.25) is 5.91 Å². The lowest BCUT2D eigenvalue weighted by Crippen LogP contribution is -2.25.